The van der Waals surface area contributed by atoms with Crippen molar-refractivity contribution < 1.29 is 18.0 Å². The molecule has 2 aliphatic carbocycles. The summed E-state index contributed by atoms with van der Waals surface area (Å²) < 4.78 is 39.3. The predicted molar refractivity (Wildman–Crippen MR) is 68.5 cm³/mol. The molecule has 20 heavy (non-hydrogen) atoms. The van der Waals surface area contributed by atoms with Crippen LogP contribution in [0.5, 0.6) is 0 Å². The van der Waals surface area contributed by atoms with E-state index in [0.29, 0.717) is 18.3 Å². The molecule has 0 radical (unpaired) electrons. The Morgan fingerprint density at radius 3 is 2.60 bits per heavy atom. The van der Waals surface area contributed by atoms with Crippen molar-refractivity contribution in [3.05, 3.63) is 29.6 Å². The first-order valence-corrected chi connectivity index (χ1v) is 6.98. The van der Waals surface area contributed by atoms with Crippen LogP contribution in [0.3, 0.4) is 0 Å². The Bertz CT molecular complexity index is 546. The van der Waals surface area contributed by atoms with Crippen LogP contribution in [0.4, 0.5) is 18.9 Å². The average Bonchev–Trinajstić information content (AvgIpc) is 3.02. The third-order valence-corrected chi connectivity index (χ3v) is 4.64. The van der Waals surface area contributed by atoms with Crippen molar-refractivity contribution in [1.29, 1.82) is 0 Å². The summed E-state index contributed by atoms with van der Waals surface area (Å²) in [7, 11) is 0. The van der Waals surface area contributed by atoms with E-state index in [1.54, 1.807) is 0 Å². The summed E-state index contributed by atoms with van der Waals surface area (Å²) in [5, 5.41) is 2.34. The number of nitrogens with one attached hydrogen (secondary N) is 1. The highest BCUT2D eigenvalue weighted by Gasteiger charge is 2.40. The van der Waals surface area contributed by atoms with Gasteiger partial charge in [-0.25, -0.2) is 13.2 Å². The van der Waals surface area contributed by atoms with Gasteiger partial charge in [-0.15, -0.1) is 0 Å². The van der Waals surface area contributed by atoms with Gasteiger partial charge in [0.05, 0.1) is 5.69 Å². The Morgan fingerprint density at radius 2 is 1.95 bits per heavy atom. The minimum absolute atomic E-state index is 0.294. The van der Waals surface area contributed by atoms with E-state index in [4.69, 9.17) is 0 Å². The van der Waals surface area contributed by atoms with E-state index < -0.39 is 17.5 Å². The molecule has 2 nitrogen and oxygen atoms in total. The molecular weight excluding hydrogens is 267 g/mol. The van der Waals surface area contributed by atoms with Crippen molar-refractivity contribution in [3.63, 3.8) is 0 Å². The second-order valence-corrected chi connectivity index (χ2v) is 5.91. The molecule has 1 amide bonds. The fraction of sp³-hybridized carbons (Fsp3) is 0.533. The SMILES string of the molecule is O=C(CC1CC2CCC1C2)Nc1ccc(F)c(F)c1F. The van der Waals surface area contributed by atoms with Gasteiger partial charge in [0.25, 0.3) is 0 Å². The van der Waals surface area contributed by atoms with Crippen molar-refractivity contribution in [1.82, 2.24) is 0 Å². The Balaban J connectivity index is 1.63. The lowest BCUT2D eigenvalue weighted by Gasteiger charge is -2.21. The molecule has 2 fully saturated rings. The molecule has 0 saturated heterocycles. The molecule has 0 aliphatic heterocycles. The Morgan fingerprint density at radius 1 is 1.15 bits per heavy atom. The first-order valence-electron chi connectivity index (χ1n) is 6.98. The van der Waals surface area contributed by atoms with Gasteiger partial charge in [0.1, 0.15) is 0 Å². The van der Waals surface area contributed by atoms with E-state index in [-0.39, 0.29) is 11.6 Å². The smallest absolute Gasteiger partial charge is 0.224 e. The van der Waals surface area contributed by atoms with E-state index in [1.807, 2.05) is 0 Å². The average molecular weight is 283 g/mol. The number of halogens is 3. The van der Waals surface area contributed by atoms with Gasteiger partial charge in [0.15, 0.2) is 17.5 Å². The van der Waals surface area contributed by atoms with Gasteiger partial charge in [0.2, 0.25) is 5.91 Å². The summed E-state index contributed by atoms with van der Waals surface area (Å²) in [6.07, 6.45) is 5.00. The van der Waals surface area contributed by atoms with Gasteiger partial charge in [-0.3, -0.25) is 4.79 Å². The highest BCUT2D eigenvalue weighted by atomic mass is 19.2. The van der Waals surface area contributed by atoms with Crippen molar-refractivity contribution in [2.45, 2.75) is 32.1 Å². The number of carbonyl (C=O) groups is 1. The maximum atomic E-state index is 13.5. The summed E-state index contributed by atoms with van der Waals surface area (Å²) in [6, 6.07) is 1.86. The molecular formula is C15H16F3NO. The van der Waals surface area contributed by atoms with Crippen LogP contribution >= 0.6 is 0 Å². The molecule has 1 aromatic carbocycles. The van der Waals surface area contributed by atoms with Crippen LogP contribution in [0, 0.1) is 35.2 Å². The van der Waals surface area contributed by atoms with Crippen LogP contribution in [0.2, 0.25) is 0 Å². The number of hydrogen-bond acceptors (Lipinski definition) is 1. The molecule has 3 atom stereocenters. The molecule has 108 valence electrons. The molecule has 2 aliphatic rings. The first kappa shape index (κ1) is 13.5. The number of carbonyl (C=O) groups excluding carboxylic acids is 1. The van der Waals surface area contributed by atoms with Crippen LogP contribution in [0.25, 0.3) is 0 Å². The Labute approximate surface area is 115 Å². The maximum absolute atomic E-state index is 13.5. The fourth-order valence-corrected chi connectivity index (χ4v) is 3.69. The quantitative estimate of drug-likeness (QED) is 0.838. The minimum atomic E-state index is -1.55. The summed E-state index contributed by atoms with van der Waals surface area (Å²) in [6.45, 7) is 0. The summed E-state index contributed by atoms with van der Waals surface area (Å²) in [5.74, 6) is -2.80. The second kappa shape index (κ2) is 5.11. The number of amides is 1. The lowest BCUT2D eigenvalue weighted by Crippen LogP contribution is -2.21. The number of hydrogen-bond donors (Lipinski definition) is 1. The van der Waals surface area contributed by atoms with Gasteiger partial charge in [-0.1, -0.05) is 6.42 Å². The summed E-state index contributed by atoms with van der Waals surface area (Å²) in [4.78, 5) is 11.9. The van der Waals surface area contributed by atoms with E-state index in [0.717, 1.165) is 24.5 Å². The molecule has 1 N–H and O–H groups in total. The van der Waals surface area contributed by atoms with Gasteiger partial charge in [-0.2, -0.15) is 0 Å². The van der Waals surface area contributed by atoms with Gasteiger partial charge in [-0.05, 0) is 49.1 Å². The number of fused-ring (bicyclic) bond motifs is 2. The summed E-state index contributed by atoms with van der Waals surface area (Å²) >= 11 is 0. The highest BCUT2D eigenvalue weighted by molar-refractivity contribution is 5.91. The maximum Gasteiger partial charge on any atom is 0.224 e. The predicted octanol–water partition coefficient (Wildman–Crippen LogP) is 3.87. The topological polar surface area (TPSA) is 29.1 Å². The lowest BCUT2D eigenvalue weighted by atomic mass is 9.86. The third kappa shape index (κ3) is 2.41. The lowest BCUT2D eigenvalue weighted by molar-refractivity contribution is -0.117. The molecule has 0 heterocycles. The number of anilines is 1. The Hall–Kier alpha value is -1.52. The molecule has 0 aromatic heterocycles. The van der Waals surface area contributed by atoms with E-state index in [1.165, 1.54) is 19.3 Å². The standard InChI is InChI=1S/C15H16F3NO/c16-11-3-4-12(15(18)14(11)17)19-13(20)7-10-6-8-1-2-9(10)5-8/h3-4,8-10H,1-2,5-7H2,(H,19,20). The van der Waals surface area contributed by atoms with Crippen LogP contribution in [0.1, 0.15) is 32.1 Å². The summed E-state index contributed by atoms with van der Waals surface area (Å²) in [5.41, 5.74) is -0.294. The molecule has 3 unspecified atom stereocenters. The van der Waals surface area contributed by atoms with Gasteiger partial charge < -0.3 is 5.32 Å². The van der Waals surface area contributed by atoms with E-state index >= 15 is 0 Å². The normalized spacial score (nSPS) is 27.9. The third-order valence-electron chi connectivity index (χ3n) is 4.64. The van der Waals surface area contributed by atoms with Crippen molar-refractivity contribution in [3.8, 4) is 0 Å². The number of benzene rings is 1. The second-order valence-electron chi connectivity index (χ2n) is 5.91. The van der Waals surface area contributed by atoms with E-state index in [2.05, 4.69) is 5.32 Å². The zero-order valence-corrected chi connectivity index (χ0v) is 11.0. The van der Waals surface area contributed by atoms with Crippen molar-refractivity contribution in [2.75, 3.05) is 5.32 Å². The minimum Gasteiger partial charge on any atom is -0.323 e. The van der Waals surface area contributed by atoms with Gasteiger partial charge in [0, 0.05) is 6.42 Å². The van der Waals surface area contributed by atoms with Gasteiger partial charge >= 0.3 is 0 Å². The molecule has 3 rings (SSSR count). The van der Waals surface area contributed by atoms with Crippen LogP contribution in [-0.4, -0.2) is 5.91 Å². The van der Waals surface area contributed by atoms with Crippen LogP contribution in [-0.2, 0) is 4.79 Å². The van der Waals surface area contributed by atoms with Crippen molar-refractivity contribution >= 4 is 11.6 Å². The largest absolute Gasteiger partial charge is 0.323 e. The highest BCUT2D eigenvalue weighted by Crippen LogP contribution is 2.49. The van der Waals surface area contributed by atoms with Crippen molar-refractivity contribution in [2.24, 2.45) is 17.8 Å². The van der Waals surface area contributed by atoms with E-state index in [9.17, 15) is 18.0 Å². The monoisotopic (exact) mass is 283 g/mol. The molecule has 2 bridgehead atoms. The zero-order chi connectivity index (χ0) is 14.3. The van der Waals surface area contributed by atoms with Crippen LogP contribution in [0.15, 0.2) is 12.1 Å². The Kier molecular flexibility index (Phi) is 3.44. The molecule has 1 aromatic rings. The molecule has 0 spiro atoms. The first-order chi connectivity index (χ1) is 9.54. The molecule has 2 saturated carbocycles. The number of rotatable bonds is 3. The fourth-order valence-electron chi connectivity index (χ4n) is 3.69. The van der Waals surface area contributed by atoms with Crippen LogP contribution < -0.4 is 5.32 Å². The molecule has 5 heteroatoms. The zero-order valence-electron chi connectivity index (χ0n) is 11.0.